The lowest BCUT2D eigenvalue weighted by Crippen LogP contribution is -2.18. The quantitative estimate of drug-likeness (QED) is 0.339. The largest absolute Gasteiger partial charge is 0.508 e. The molecule has 0 spiro atoms. The van der Waals surface area contributed by atoms with E-state index < -0.39 is 10.0 Å². The van der Waals surface area contributed by atoms with E-state index in [1.54, 1.807) is 12.1 Å². The summed E-state index contributed by atoms with van der Waals surface area (Å²) in [5, 5.41) is 12.9. The third-order valence-electron chi connectivity index (χ3n) is 6.08. The van der Waals surface area contributed by atoms with E-state index >= 15 is 0 Å². The van der Waals surface area contributed by atoms with Gasteiger partial charge in [0.05, 0.1) is 17.7 Å². The van der Waals surface area contributed by atoms with Crippen LogP contribution in [0.5, 0.6) is 11.5 Å². The van der Waals surface area contributed by atoms with Gasteiger partial charge in [0.2, 0.25) is 5.91 Å². The molecule has 0 atom stereocenters. The number of carbonyl (C=O) groups is 1. The number of amides is 1. The molecule has 0 unspecified atom stereocenters. The van der Waals surface area contributed by atoms with Gasteiger partial charge in [0.1, 0.15) is 16.4 Å². The molecule has 0 aliphatic heterocycles. The number of nitrogens with one attached hydrogen (secondary N) is 2. The lowest BCUT2D eigenvalue weighted by Gasteiger charge is -2.20. The molecule has 0 bridgehead atoms. The van der Waals surface area contributed by atoms with E-state index in [2.05, 4.69) is 15.0 Å². The molecule has 10 heteroatoms. The van der Waals surface area contributed by atoms with Gasteiger partial charge in [-0.2, -0.15) is 0 Å². The fourth-order valence-corrected chi connectivity index (χ4v) is 6.54. The Morgan fingerprint density at radius 2 is 1.86 bits per heavy atom. The van der Waals surface area contributed by atoms with Crippen molar-refractivity contribution in [2.45, 2.75) is 50.3 Å². The van der Waals surface area contributed by atoms with Crippen LogP contribution in [0.2, 0.25) is 0 Å². The van der Waals surface area contributed by atoms with Gasteiger partial charge in [-0.15, -0.1) is 0 Å². The first kappa shape index (κ1) is 25.0. The number of hydrogen-bond donors (Lipinski definition) is 3. The number of rotatable bonds is 8. The van der Waals surface area contributed by atoms with Gasteiger partial charge in [-0.1, -0.05) is 30.6 Å². The Bertz CT molecular complexity index is 1300. The number of aromatic nitrogens is 1. The first-order valence-corrected chi connectivity index (χ1v) is 13.8. The summed E-state index contributed by atoms with van der Waals surface area (Å²) in [6, 6.07) is 10.6. The zero-order valence-electron chi connectivity index (χ0n) is 19.7. The van der Waals surface area contributed by atoms with Crippen LogP contribution >= 0.6 is 11.3 Å². The highest BCUT2D eigenvalue weighted by Gasteiger charge is 2.23. The van der Waals surface area contributed by atoms with Crippen molar-refractivity contribution in [1.82, 2.24) is 4.98 Å². The minimum Gasteiger partial charge on any atom is -0.508 e. The van der Waals surface area contributed by atoms with Crippen LogP contribution in [-0.2, 0) is 14.8 Å². The van der Waals surface area contributed by atoms with E-state index in [1.807, 2.05) is 6.92 Å². The van der Waals surface area contributed by atoms with Crippen molar-refractivity contribution in [3.63, 3.8) is 0 Å². The summed E-state index contributed by atoms with van der Waals surface area (Å²) >= 11 is 1.31. The summed E-state index contributed by atoms with van der Waals surface area (Å²) in [5.74, 6) is 0.631. The Hall–Kier alpha value is -3.11. The van der Waals surface area contributed by atoms with E-state index in [1.165, 1.54) is 68.0 Å². The molecule has 2 aromatic carbocycles. The molecule has 1 saturated carbocycles. The van der Waals surface area contributed by atoms with E-state index in [0.29, 0.717) is 34.4 Å². The van der Waals surface area contributed by atoms with Crippen molar-refractivity contribution < 1.29 is 23.1 Å². The molecule has 1 aromatic heterocycles. The number of nitrogens with zero attached hydrogens (tertiary/aromatic N) is 1. The molecule has 3 aromatic rings. The van der Waals surface area contributed by atoms with Crippen LogP contribution in [0.3, 0.4) is 0 Å². The normalized spacial score (nSPS) is 14.5. The fourth-order valence-electron chi connectivity index (χ4n) is 4.31. The van der Waals surface area contributed by atoms with E-state index in [9.17, 15) is 18.3 Å². The van der Waals surface area contributed by atoms with E-state index in [0.717, 1.165) is 17.7 Å². The molecule has 1 aliphatic rings. The van der Waals surface area contributed by atoms with E-state index in [-0.39, 0.29) is 22.3 Å². The molecular weight excluding hydrogens is 486 g/mol. The van der Waals surface area contributed by atoms with Gasteiger partial charge in [-0.05, 0) is 73.7 Å². The summed E-state index contributed by atoms with van der Waals surface area (Å²) in [6.45, 7) is 1.83. The SMILES string of the molecule is COc1ccc(-c2sc(NC(=O)CC3CCCCC3)nc2C)cc1S(=O)(=O)Nc1ccc(O)cc1. The lowest BCUT2D eigenvalue weighted by molar-refractivity contribution is -0.117. The Morgan fingerprint density at radius 3 is 2.54 bits per heavy atom. The molecular formula is C25H29N3O5S2. The van der Waals surface area contributed by atoms with Crippen molar-refractivity contribution in [2.24, 2.45) is 5.92 Å². The van der Waals surface area contributed by atoms with Gasteiger partial charge in [-0.3, -0.25) is 9.52 Å². The number of hydrogen-bond acceptors (Lipinski definition) is 7. The summed E-state index contributed by atoms with van der Waals surface area (Å²) in [7, 11) is -2.57. The van der Waals surface area contributed by atoms with Crippen LogP contribution in [0.4, 0.5) is 10.8 Å². The molecule has 186 valence electrons. The molecule has 4 rings (SSSR count). The maximum absolute atomic E-state index is 13.2. The summed E-state index contributed by atoms with van der Waals surface area (Å²) < 4.78 is 34.1. The zero-order chi connectivity index (χ0) is 25.0. The summed E-state index contributed by atoms with van der Waals surface area (Å²) in [5.41, 5.74) is 1.66. The van der Waals surface area contributed by atoms with Gasteiger partial charge in [0, 0.05) is 12.1 Å². The third kappa shape index (κ3) is 6.12. The summed E-state index contributed by atoms with van der Waals surface area (Å²) in [4.78, 5) is 17.8. The molecule has 8 nitrogen and oxygen atoms in total. The molecule has 3 N–H and O–H groups in total. The van der Waals surface area contributed by atoms with Crippen molar-refractivity contribution in [3.8, 4) is 21.9 Å². The van der Waals surface area contributed by atoms with Crippen molar-refractivity contribution in [3.05, 3.63) is 48.2 Å². The Kier molecular flexibility index (Phi) is 7.61. The second-order valence-electron chi connectivity index (χ2n) is 8.71. The highest BCUT2D eigenvalue weighted by molar-refractivity contribution is 7.92. The van der Waals surface area contributed by atoms with Gasteiger partial charge >= 0.3 is 0 Å². The Morgan fingerprint density at radius 1 is 1.14 bits per heavy atom. The van der Waals surface area contributed by atoms with Gasteiger partial charge < -0.3 is 15.2 Å². The predicted octanol–water partition coefficient (Wildman–Crippen LogP) is 5.54. The van der Waals surface area contributed by atoms with Crippen LogP contribution in [0.1, 0.15) is 44.2 Å². The maximum atomic E-state index is 13.2. The predicted molar refractivity (Wildman–Crippen MR) is 138 cm³/mol. The topological polar surface area (TPSA) is 118 Å². The number of aryl methyl sites for hydroxylation is 1. The van der Waals surface area contributed by atoms with Crippen molar-refractivity contribution >= 4 is 38.1 Å². The Balaban J connectivity index is 1.56. The van der Waals surface area contributed by atoms with Gasteiger partial charge in [0.25, 0.3) is 10.0 Å². The number of benzene rings is 2. The molecule has 35 heavy (non-hydrogen) atoms. The zero-order valence-corrected chi connectivity index (χ0v) is 21.3. The van der Waals surface area contributed by atoms with Crippen LogP contribution in [0, 0.1) is 12.8 Å². The third-order valence-corrected chi connectivity index (χ3v) is 8.60. The van der Waals surface area contributed by atoms with Gasteiger partial charge in [-0.25, -0.2) is 13.4 Å². The number of sulfonamides is 1. The number of aromatic hydroxyl groups is 1. The highest BCUT2D eigenvalue weighted by Crippen LogP contribution is 2.37. The standard InChI is InChI=1S/C25H29N3O5S2/c1-16-24(34-25(26-16)27-23(30)14-17-6-4-3-5-7-17)18-8-13-21(33-2)22(15-18)35(31,32)28-19-9-11-20(29)12-10-19/h8-13,15,17,28-29H,3-7,14H2,1-2H3,(H,26,27,30). The van der Waals surface area contributed by atoms with E-state index in [4.69, 9.17) is 4.74 Å². The molecule has 1 amide bonds. The van der Waals surface area contributed by atoms with Crippen LogP contribution < -0.4 is 14.8 Å². The number of thiazole rings is 1. The first-order chi connectivity index (χ1) is 16.7. The minimum absolute atomic E-state index is 0.0266. The average molecular weight is 516 g/mol. The highest BCUT2D eigenvalue weighted by atomic mass is 32.2. The fraction of sp³-hybridized carbons (Fsp3) is 0.360. The summed E-state index contributed by atoms with van der Waals surface area (Å²) in [6.07, 6.45) is 6.30. The minimum atomic E-state index is -3.98. The number of methoxy groups -OCH3 is 1. The second kappa shape index (κ2) is 10.7. The molecule has 1 heterocycles. The van der Waals surface area contributed by atoms with Gasteiger partial charge in [0.15, 0.2) is 5.13 Å². The number of phenols is 1. The molecule has 0 saturated heterocycles. The van der Waals surface area contributed by atoms with Crippen molar-refractivity contribution in [2.75, 3.05) is 17.1 Å². The smallest absolute Gasteiger partial charge is 0.265 e. The van der Waals surface area contributed by atoms with Crippen LogP contribution in [-0.4, -0.2) is 31.5 Å². The average Bonchev–Trinajstić information content (AvgIpc) is 3.20. The second-order valence-corrected chi connectivity index (χ2v) is 11.4. The number of carbonyl (C=O) groups excluding carboxylic acids is 1. The van der Waals surface area contributed by atoms with Crippen molar-refractivity contribution in [1.29, 1.82) is 0 Å². The molecule has 0 radical (unpaired) electrons. The number of anilines is 2. The van der Waals surface area contributed by atoms with Crippen LogP contribution in [0.15, 0.2) is 47.4 Å². The number of phenolic OH excluding ortho intramolecular Hbond substituents is 1. The Labute approximate surface area is 209 Å². The maximum Gasteiger partial charge on any atom is 0.265 e. The molecule has 1 aliphatic carbocycles. The first-order valence-electron chi connectivity index (χ1n) is 11.5. The molecule has 1 fully saturated rings. The van der Waals surface area contributed by atoms with Crippen LogP contribution in [0.25, 0.3) is 10.4 Å². The number of ether oxygens (including phenoxy) is 1. The monoisotopic (exact) mass is 515 g/mol. The lowest BCUT2D eigenvalue weighted by atomic mass is 9.87.